The van der Waals surface area contributed by atoms with Gasteiger partial charge in [0.15, 0.2) is 0 Å². The summed E-state index contributed by atoms with van der Waals surface area (Å²) in [5.41, 5.74) is 1.19. The molecule has 1 N–H and O–H groups in total. The summed E-state index contributed by atoms with van der Waals surface area (Å²) in [5.74, 6) is 1.68. The maximum atomic E-state index is 4.24. The van der Waals surface area contributed by atoms with Crippen LogP contribution in [0.25, 0.3) is 0 Å². The minimum atomic E-state index is 0.470. The number of hydrogen-bond acceptors (Lipinski definition) is 4. The summed E-state index contributed by atoms with van der Waals surface area (Å²) in [6, 6.07) is 0.470. The Morgan fingerprint density at radius 2 is 2.06 bits per heavy atom. The Morgan fingerprint density at radius 3 is 2.65 bits per heavy atom. The topological polar surface area (TPSA) is 37.8 Å². The highest BCUT2D eigenvalue weighted by Gasteiger charge is 2.29. The molecular formula is C13H23N3S. The van der Waals surface area contributed by atoms with Crippen molar-refractivity contribution in [2.75, 3.05) is 7.05 Å². The van der Waals surface area contributed by atoms with E-state index in [4.69, 9.17) is 0 Å². The molecule has 0 saturated heterocycles. The van der Waals surface area contributed by atoms with Crippen molar-refractivity contribution in [1.29, 1.82) is 0 Å². The highest BCUT2D eigenvalue weighted by molar-refractivity contribution is 7.05. The fraction of sp³-hybridized carbons (Fsp3) is 0.846. The van der Waals surface area contributed by atoms with Crippen LogP contribution in [0.4, 0.5) is 0 Å². The van der Waals surface area contributed by atoms with Gasteiger partial charge in [0.1, 0.15) is 0 Å². The largest absolute Gasteiger partial charge is 0.312 e. The molecule has 0 amide bonds. The number of rotatable bonds is 4. The zero-order chi connectivity index (χ0) is 12.3. The SMILES string of the molecule is CCc1nnsc1C(NC)C1CCC(C)CC1. The monoisotopic (exact) mass is 253 g/mol. The molecule has 0 aromatic carbocycles. The van der Waals surface area contributed by atoms with Gasteiger partial charge in [0.2, 0.25) is 0 Å². The standard InChI is InChI=1S/C13H23N3S/c1-4-11-13(17-16-15-11)12(14-3)10-7-5-9(2)6-8-10/h9-10,12,14H,4-8H2,1-3H3. The van der Waals surface area contributed by atoms with Gasteiger partial charge in [0.05, 0.1) is 10.6 Å². The maximum absolute atomic E-state index is 4.24. The summed E-state index contributed by atoms with van der Waals surface area (Å²) in [7, 11) is 2.07. The lowest BCUT2D eigenvalue weighted by Gasteiger charge is -2.32. The second-order valence-corrected chi connectivity index (χ2v) is 6.01. The Balaban J connectivity index is 2.10. The van der Waals surface area contributed by atoms with Crippen LogP contribution in [0.5, 0.6) is 0 Å². The number of nitrogens with one attached hydrogen (secondary N) is 1. The van der Waals surface area contributed by atoms with Crippen molar-refractivity contribution in [3.63, 3.8) is 0 Å². The van der Waals surface area contributed by atoms with Crippen LogP contribution in [0, 0.1) is 11.8 Å². The van der Waals surface area contributed by atoms with Gasteiger partial charge in [-0.1, -0.05) is 31.2 Å². The Morgan fingerprint density at radius 1 is 1.35 bits per heavy atom. The molecule has 1 aliphatic carbocycles. The van der Waals surface area contributed by atoms with Crippen molar-refractivity contribution < 1.29 is 0 Å². The van der Waals surface area contributed by atoms with E-state index in [0.29, 0.717) is 6.04 Å². The number of aryl methyl sites for hydroxylation is 1. The van der Waals surface area contributed by atoms with Crippen molar-refractivity contribution in [3.8, 4) is 0 Å². The van der Waals surface area contributed by atoms with E-state index < -0.39 is 0 Å². The van der Waals surface area contributed by atoms with Gasteiger partial charge in [0, 0.05) is 6.04 Å². The molecule has 1 unspecified atom stereocenters. The Labute approximate surface area is 108 Å². The van der Waals surface area contributed by atoms with E-state index in [1.807, 2.05) is 0 Å². The van der Waals surface area contributed by atoms with E-state index in [1.165, 1.54) is 36.3 Å². The van der Waals surface area contributed by atoms with Crippen LogP contribution in [-0.2, 0) is 6.42 Å². The third-order valence-corrected chi connectivity index (χ3v) is 4.89. The fourth-order valence-corrected chi connectivity index (χ4v) is 3.84. The van der Waals surface area contributed by atoms with Gasteiger partial charge in [-0.3, -0.25) is 0 Å². The highest BCUT2D eigenvalue weighted by Crippen LogP contribution is 2.38. The van der Waals surface area contributed by atoms with Crippen LogP contribution in [0.1, 0.15) is 56.1 Å². The predicted octanol–water partition coefficient (Wildman–Crippen LogP) is 3.19. The van der Waals surface area contributed by atoms with E-state index in [0.717, 1.165) is 18.3 Å². The van der Waals surface area contributed by atoms with Crippen LogP contribution in [-0.4, -0.2) is 16.6 Å². The molecule has 1 fully saturated rings. The summed E-state index contributed by atoms with van der Waals surface area (Å²) in [6.07, 6.45) is 6.42. The fourth-order valence-electron chi connectivity index (χ4n) is 2.90. The van der Waals surface area contributed by atoms with E-state index in [9.17, 15) is 0 Å². The molecular weight excluding hydrogens is 230 g/mol. The first-order valence-corrected chi connectivity index (χ1v) is 7.52. The lowest BCUT2D eigenvalue weighted by atomic mass is 9.78. The second-order valence-electron chi connectivity index (χ2n) is 5.22. The van der Waals surface area contributed by atoms with Crippen molar-refractivity contribution in [3.05, 3.63) is 10.6 Å². The van der Waals surface area contributed by atoms with E-state index in [-0.39, 0.29) is 0 Å². The molecule has 96 valence electrons. The first kappa shape index (κ1) is 13.0. The first-order chi connectivity index (χ1) is 8.26. The Kier molecular flexibility index (Phi) is 4.51. The van der Waals surface area contributed by atoms with Gasteiger partial charge < -0.3 is 5.32 Å². The average molecular weight is 253 g/mol. The molecule has 3 nitrogen and oxygen atoms in total. The number of aromatic nitrogens is 2. The highest BCUT2D eigenvalue weighted by atomic mass is 32.1. The molecule has 1 saturated carbocycles. The molecule has 0 bridgehead atoms. The van der Waals surface area contributed by atoms with Gasteiger partial charge in [-0.25, -0.2) is 0 Å². The molecule has 2 rings (SSSR count). The molecule has 0 spiro atoms. The molecule has 1 atom stereocenters. The smallest absolute Gasteiger partial charge is 0.0801 e. The number of nitrogens with zero attached hydrogens (tertiary/aromatic N) is 2. The van der Waals surface area contributed by atoms with E-state index in [2.05, 4.69) is 35.8 Å². The van der Waals surface area contributed by atoms with E-state index >= 15 is 0 Å². The summed E-state index contributed by atoms with van der Waals surface area (Å²) in [5, 5.41) is 7.74. The Bertz CT molecular complexity index is 342. The minimum absolute atomic E-state index is 0.470. The summed E-state index contributed by atoms with van der Waals surface area (Å²) >= 11 is 1.58. The molecule has 17 heavy (non-hydrogen) atoms. The van der Waals surface area contributed by atoms with Crippen molar-refractivity contribution in [1.82, 2.24) is 14.9 Å². The predicted molar refractivity (Wildman–Crippen MR) is 72.2 cm³/mol. The zero-order valence-electron chi connectivity index (χ0n) is 11.1. The summed E-state index contributed by atoms with van der Waals surface area (Å²) < 4.78 is 4.12. The minimum Gasteiger partial charge on any atom is -0.312 e. The lowest BCUT2D eigenvalue weighted by molar-refractivity contribution is 0.239. The maximum Gasteiger partial charge on any atom is 0.0801 e. The molecule has 0 aliphatic heterocycles. The molecule has 1 heterocycles. The average Bonchev–Trinajstić information content (AvgIpc) is 2.81. The lowest BCUT2D eigenvalue weighted by Crippen LogP contribution is -2.28. The van der Waals surface area contributed by atoms with Gasteiger partial charge in [0.25, 0.3) is 0 Å². The second kappa shape index (κ2) is 5.91. The molecule has 1 aromatic rings. The van der Waals surface area contributed by atoms with Gasteiger partial charge in [-0.2, -0.15) is 0 Å². The zero-order valence-corrected chi connectivity index (χ0v) is 11.9. The van der Waals surface area contributed by atoms with Crippen LogP contribution < -0.4 is 5.32 Å². The van der Waals surface area contributed by atoms with Gasteiger partial charge in [-0.15, -0.1) is 5.10 Å². The van der Waals surface area contributed by atoms with Crippen molar-refractivity contribution in [2.45, 2.75) is 52.0 Å². The van der Waals surface area contributed by atoms with Gasteiger partial charge in [-0.05, 0) is 49.7 Å². The first-order valence-electron chi connectivity index (χ1n) is 6.74. The van der Waals surface area contributed by atoms with Crippen LogP contribution in [0.2, 0.25) is 0 Å². The summed E-state index contributed by atoms with van der Waals surface area (Å²) in [4.78, 5) is 1.37. The number of hydrogen-bond donors (Lipinski definition) is 1. The van der Waals surface area contributed by atoms with Crippen LogP contribution in [0.3, 0.4) is 0 Å². The quantitative estimate of drug-likeness (QED) is 0.895. The van der Waals surface area contributed by atoms with Gasteiger partial charge >= 0.3 is 0 Å². The Hall–Kier alpha value is -0.480. The normalized spacial score (nSPS) is 27.0. The third kappa shape index (κ3) is 2.86. The molecule has 4 heteroatoms. The molecule has 0 radical (unpaired) electrons. The molecule has 1 aromatic heterocycles. The van der Waals surface area contributed by atoms with Crippen LogP contribution in [0.15, 0.2) is 0 Å². The third-order valence-electron chi connectivity index (χ3n) is 4.05. The van der Waals surface area contributed by atoms with Crippen molar-refractivity contribution in [2.24, 2.45) is 11.8 Å². The van der Waals surface area contributed by atoms with Crippen LogP contribution >= 0.6 is 11.5 Å². The molecule has 1 aliphatic rings. The summed E-state index contributed by atoms with van der Waals surface area (Å²) in [6.45, 7) is 4.53. The van der Waals surface area contributed by atoms with Crippen molar-refractivity contribution >= 4 is 11.5 Å². The van der Waals surface area contributed by atoms with E-state index in [1.54, 1.807) is 11.5 Å².